The summed E-state index contributed by atoms with van der Waals surface area (Å²) in [7, 11) is 3.10. The number of imidazole rings is 1. The van der Waals surface area contributed by atoms with Gasteiger partial charge in [-0.05, 0) is 19.1 Å². The van der Waals surface area contributed by atoms with Gasteiger partial charge in [0.05, 0.1) is 14.2 Å². The topological polar surface area (TPSA) is 115 Å². The van der Waals surface area contributed by atoms with Gasteiger partial charge in [0.2, 0.25) is 0 Å². The van der Waals surface area contributed by atoms with E-state index >= 15 is 0 Å². The SMILES string of the molecule is COc1ccc(NC(=O)NCCNc2cc(-n3ccnc3C)ncn2)cc1OC. The van der Waals surface area contributed by atoms with E-state index in [1.54, 1.807) is 38.6 Å². The van der Waals surface area contributed by atoms with Crippen molar-refractivity contribution < 1.29 is 14.3 Å². The molecule has 10 nitrogen and oxygen atoms in total. The van der Waals surface area contributed by atoms with E-state index in [1.807, 2.05) is 23.8 Å². The highest BCUT2D eigenvalue weighted by Gasteiger charge is 2.07. The van der Waals surface area contributed by atoms with Crippen LogP contribution >= 0.6 is 0 Å². The second kappa shape index (κ2) is 9.40. The van der Waals surface area contributed by atoms with Crippen LogP contribution in [0.1, 0.15) is 5.82 Å². The molecule has 29 heavy (non-hydrogen) atoms. The van der Waals surface area contributed by atoms with Gasteiger partial charge in [-0.15, -0.1) is 0 Å². The predicted octanol–water partition coefficient (Wildman–Crippen LogP) is 2.22. The van der Waals surface area contributed by atoms with Crippen molar-refractivity contribution in [2.24, 2.45) is 0 Å². The molecule has 0 aliphatic heterocycles. The van der Waals surface area contributed by atoms with Crippen LogP contribution in [0.15, 0.2) is 43.0 Å². The molecule has 0 aliphatic carbocycles. The Hall–Kier alpha value is -3.82. The third-order valence-corrected chi connectivity index (χ3v) is 4.08. The number of benzene rings is 1. The Bertz CT molecular complexity index is 974. The number of aryl methyl sites for hydroxylation is 1. The third kappa shape index (κ3) is 5.12. The number of amides is 2. The summed E-state index contributed by atoms with van der Waals surface area (Å²) >= 11 is 0. The summed E-state index contributed by atoms with van der Waals surface area (Å²) in [5.41, 5.74) is 0.601. The van der Waals surface area contributed by atoms with E-state index in [9.17, 15) is 4.79 Å². The van der Waals surface area contributed by atoms with Crippen molar-refractivity contribution in [1.29, 1.82) is 0 Å². The maximum atomic E-state index is 12.1. The smallest absolute Gasteiger partial charge is 0.319 e. The molecule has 0 fully saturated rings. The summed E-state index contributed by atoms with van der Waals surface area (Å²) in [6.07, 6.45) is 5.03. The third-order valence-electron chi connectivity index (χ3n) is 4.08. The van der Waals surface area contributed by atoms with Gasteiger partial charge < -0.3 is 25.4 Å². The molecular formula is C19H23N7O3. The lowest BCUT2D eigenvalue weighted by molar-refractivity contribution is 0.252. The zero-order valence-corrected chi connectivity index (χ0v) is 16.5. The molecule has 0 saturated heterocycles. The Labute approximate surface area is 168 Å². The normalized spacial score (nSPS) is 10.3. The van der Waals surface area contributed by atoms with E-state index in [0.29, 0.717) is 36.1 Å². The maximum Gasteiger partial charge on any atom is 0.319 e. The van der Waals surface area contributed by atoms with E-state index in [0.717, 1.165) is 11.6 Å². The van der Waals surface area contributed by atoms with Crippen molar-refractivity contribution in [2.75, 3.05) is 37.9 Å². The predicted molar refractivity (Wildman–Crippen MR) is 109 cm³/mol. The zero-order valence-electron chi connectivity index (χ0n) is 16.5. The number of carbonyl (C=O) groups is 1. The molecule has 0 atom stereocenters. The van der Waals surface area contributed by atoms with Gasteiger partial charge in [-0.2, -0.15) is 0 Å². The molecule has 2 amide bonds. The lowest BCUT2D eigenvalue weighted by Gasteiger charge is -2.12. The fourth-order valence-electron chi connectivity index (χ4n) is 2.65. The monoisotopic (exact) mass is 397 g/mol. The number of carbonyl (C=O) groups excluding carboxylic acids is 1. The minimum Gasteiger partial charge on any atom is -0.493 e. The van der Waals surface area contributed by atoms with Gasteiger partial charge in [0.15, 0.2) is 11.5 Å². The Morgan fingerprint density at radius 2 is 1.90 bits per heavy atom. The fraction of sp³-hybridized carbons (Fsp3) is 0.263. The molecule has 152 valence electrons. The Kier molecular flexibility index (Phi) is 6.46. The summed E-state index contributed by atoms with van der Waals surface area (Å²) in [5, 5.41) is 8.68. The van der Waals surface area contributed by atoms with Crippen molar-refractivity contribution in [3.63, 3.8) is 0 Å². The standard InChI is InChI=1S/C19H23N7O3/c1-13-20-8-9-26(13)18-11-17(23-12-24-18)21-6-7-22-19(27)25-14-4-5-15(28-2)16(10-14)29-3/h4-5,8-12H,6-7H2,1-3H3,(H,21,23,24)(H2,22,25,27). The number of ether oxygens (including phenoxy) is 2. The van der Waals surface area contributed by atoms with Crippen molar-refractivity contribution in [3.8, 4) is 17.3 Å². The number of hydrogen-bond donors (Lipinski definition) is 3. The highest BCUT2D eigenvalue weighted by molar-refractivity contribution is 5.89. The molecule has 0 bridgehead atoms. The first kappa shape index (κ1) is 19.9. The molecule has 2 aromatic heterocycles. The Balaban J connectivity index is 1.47. The van der Waals surface area contributed by atoms with Crippen LogP contribution < -0.4 is 25.4 Å². The van der Waals surface area contributed by atoms with Gasteiger partial charge in [-0.3, -0.25) is 4.57 Å². The molecule has 1 aromatic carbocycles. The van der Waals surface area contributed by atoms with Crippen LogP contribution in [-0.4, -0.2) is 52.9 Å². The van der Waals surface area contributed by atoms with Crippen LogP contribution in [0.5, 0.6) is 11.5 Å². The van der Waals surface area contributed by atoms with Crippen LogP contribution in [-0.2, 0) is 0 Å². The minimum absolute atomic E-state index is 0.323. The highest BCUT2D eigenvalue weighted by Crippen LogP contribution is 2.29. The Morgan fingerprint density at radius 3 is 2.62 bits per heavy atom. The molecule has 3 rings (SSSR count). The number of aromatic nitrogens is 4. The van der Waals surface area contributed by atoms with Gasteiger partial charge >= 0.3 is 6.03 Å². The maximum absolute atomic E-state index is 12.1. The number of methoxy groups -OCH3 is 2. The van der Waals surface area contributed by atoms with Crippen molar-refractivity contribution in [1.82, 2.24) is 24.8 Å². The van der Waals surface area contributed by atoms with Gasteiger partial charge in [-0.25, -0.2) is 19.7 Å². The first-order valence-electron chi connectivity index (χ1n) is 8.94. The van der Waals surface area contributed by atoms with Crippen LogP contribution in [0, 0.1) is 6.92 Å². The molecule has 2 heterocycles. The van der Waals surface area contributed by atoms with Crippen molar-refractivity contribution in [3.05, 3.63) is 48.8 Å². The quantitative estimate of drug-likeness (QED) is 0.499. The molecule has 0 spiro atoms. The van der Waals surface area contributed by atoms with E-state index in [4.69, 9.17) is 9.47 Å². The van der Waals surface area contributed by atoms with Gasteiger partial charge in [-0.1, -0.05) is 0 Å². The van der Waals surface area contributed by atoms with Crippen molar-refractivity contribution >= 4 is 17.5 Å². The van der Waals surface area contributed by atoms with E-state index in [-0.39, 0.29) is 6.03 Å². The first-order valence-corrected chi connectivity index (χ1v) is 8.94. The molecule has 0 radical (unpaired) electrons. The largest absolute Gasteiger partial charge is 0.493 e. The lowest BCUT2D eigenvalue weighted by Crippen LogP contribution is -2.32. The number of anilines is 2. The average Bonchev–Trinajstić information content (AvgIpc) is 3.17. The number of nitrogens with zero attached hydrogens (tertiary/aromatic N) is 4. The van der Waals surface area contributed by atoms with Crippen molar-refractivity contribution in [2.45, 2.75) is 6.92 Å². The summed E-state index contributed by atoms with van der Waals surface area (Å²) in [4.78, 5) is 24.7. The van der Waals surface area contributed by atoms with Crippen LogP contribution in [0.3, 0.4) is 0 Å². The second-order valence-corrected chi connectivity index (χ2v) is 5.98. The first-order chi connectivity index (χ1) is 14.1. The number of rotatable bonds is 8. The fourth-order valence-corrected chi connectivity index (χ4v) is 2.65. The number of nitrogens with one attached hydrogen (secondary N) is 3. The highest BCUT2D eigenvalue weighted by atomic mass is 16.5. The molecular weight excluding hydrogens is 374 g/mol. The molecule has 3 aromatic rings. The number of urea groups is 1. The van der Waals surface area contributed by atoms with Gasteiger partial charge in [0.25, 0.3) is 0 Å². The zero-order chi connectivity index (χ0) is 20.6. The van der Waals surface area contributed by atoms with Gasteiger partial charge in [0.1, 0.15) is 23.8 Å². The summed E-state index contributed by atoms with van der Waals surface area (Å²) in [5.74, 6) is 3.35. The molecule has 3 N–H and O–H groups in total. The lowest BCUT2D eigenvalue weighted by atomic mass is 10.3. The molecule has 0 saturated carbocycles. The minimum atomic E-state index is -0.323. The van der Waals surface area contributed by atoms with Crippen LogP contribution in [0.25, 0.3) is 5.82 Å². The van der Waals surface area contributed by atoms with E-state index in [2.05, 4.69) is 30.9 Å². The van der Waals surface area contributed by atoms with Crippen LogP contribution in [0.4, 0.5) is 16.3 Å². The second-order valence-electron chi connectivity index (χ2n) is 5.98. The van der Waals surface area contributed by atoms with E-state index in [1.165, 1.54) is 6.33 Å². The van der Waals surface area contributed by atoms with Gasteiger partial charge in [0, 0.05) is 43.3 Å². The summed E-state index contributed by atoms with van der Waals surface area (Å²) < 4.78 is 12.3. The molecule has 0 aliphatic rings. The van der Waals surface area contributed by atoms with Crippen LogP contribution in [0.2, 0.25) is 0 Å². The average molecular weight is 397 g/mol. The Morgan fingerprint density at radius 1 is 1.07 bits per heavy atom. The number of hydrogen-bond acceptors (Lipinski definition) is 7. The summed E-state index contributed by atoms with van der Waals surface area (Å²) in [6.45, 7) is 2.80. The van der Waals surface area contributed by atoms with E-state index < -0.39 is 0 Å². The molecule has 0 unspecified atom stereocenters. The molecule has 10 heteroatoms. The summed E-state index contributed by atoms with van der Waals surface area (Å²) in [6, 6.07) is 6.65.